The molecule has 10 rings (SSSR count). The predicted octanol–water partition coefficient (Wildman–Crippen LogP) is 11.5. The first-order chi connectivity index (χ1) is 24.8. The van der Waals surface area contributed by atoms with Crippen molar-refractivity contribution in [2.75, 3.05) is 0 Å². The van der Waals surface area contributed by atoms with Crippen LogP contribution in [0.2, 0.25) is 0 Å². The van der Waals surface area contributed by atoms with Crippen LogP contribution in [0, 0.1) is 0 Å². The summed E-state index contributed by atoms with van der Waals surface area (Å²) in [5.74, 6) is 0.690. The van der Waals surface area contributed by atoms with E-state index < -0.39 is 0 Å². The molecule has 0 amide bonds. The van der Waals surface area contributed by atoms with Crippen LogP contribution in [0.25, 0.3) is 84.1 Å². The lowest BCUT2D eigenvalue weighted by Gasteiger charge is -2.17. The van der Waals surface area contributed by atoms with Crippen molar-refractivity contribution in [3.63, 3.8) is 0 Å². The van der Waals surface area contributed by atoms with Gasteiger partial charge in [-0.2, -0.15) is 0 Å². The molecule has 0 atom stereocenters. The molecule has 50 heavy (non-hydrogen) atoms. The normalized spacial score (nSPS) is 12.6. The summed E-state index contributed by atoms with van der Waals surface area (Å²) in [6.07, 6.45) is 6.68. The Bertz CT molecular complexity index is 2640. The van der Waals surface area contributed by atoms with Gasteiger partial charge < -0.3 is 9.13 Å². The fourth-order valence-electron chi connectivity index (χ4n) is 7.74. The quantitative estimate of drug-likeness (QED) is 0.188. The first kappa shape index (κ1) is 28.5. The first-order valence-corrected chi connectivity index (χ1v) is 17.2. The first-order valence-electron chi connectivity index (χ1n) is 17.2. The maximum Gasteiger partial charge on any atom is 0.160 e. The summed E-state index contributed by atoms with van der Waals surface area (Å²) >= 11 is 0. The standard InChI is InChI=1S/C46H32N4/c1-3-15-31(16-4-1)40-30-41(32-17-5-2-6-18-32)48-46(47-40)33-27-34(49-42-23-11-7-19-36(42)37-20-8-12-24-43(37)49)29-35(28-33)50-44-25-13-9-21-38(44)39-22-10-14-26-45(39)50/h1-9,11-21,23-30H,10,22H2. The Morgan fingerprint density at radius 3 is 1.54 bits per heavy atom. The van der Waals surface area contributed by atoms with Gasteiger partial charge in [0.2, 0.25) is 0 Å². The van der Waals surface area contributed by atoms with Crippen LogP contribution in [-0.4, -0.2) is 19.1 Å². The number of rotatable bonds is 5. The molecule has 6 aromatic carbocycles. The van der Waals surface area contributed by atoms with Gasteiger partial charge in [0, 0.05) is 49.9 Å². The van der Waals surface area contributed by atoms with Gasteiger partial charge in [0.1, 0.15) is 0 Å². The third-order valence-electron chi connectivity index (χ3n) is 9.98. The van der Waals surface area contributed by atoms with Gasteiger partial charge in [0.05, 0.1) is 27.9 Å². The average molecular weight is 641 g/mol. The van der Waals surface area contributed by atoms with Crippen molar-refractivity contribution in [3.8, 4) is 45.3 Å². The van der Waals surface area contributed by atoms with Gasteiger partial charge in [0.15, 0.2) is 5.82 Å². The van der Waals surface area contributed by atoms with E-state index in [1.807, 2.05) is 12.1 Å². The number of benzene rings is 6. The van der Waals surface area contributed by atoms with Gasteiger partial charge in [-0.3, -0.25) is 0 Å². The minimum Gasteiger partial charge on any atom is -0.309 e. The van der Waals surface area contributed by atoms with E-state index in [1.54, 1.807) is 0 Å². The molecule has 3 heterocycles. The Morgan fingerprint density at radius 2 is 0.940 bits per heavy atom. The number of para-hydroxylation sites is 3. The van der Waals surface area contributed by atoms with E-state index in [-0.39, 0.29) is 0 Å². The molecule has 0 aliphatic heterocycles. The summed E-state index contributed by atoms with van der Waals surface area (Å²) in [5, 5.41) is 3.77. The molecule has 0 spiro atoms. The molecular formula is C46H32N4. The average Bonchev–Trinajstić information content (AvgIpc) is 3.71. The van der Waals surface area contributed by atoms with E-state index in [0.717, 1.165) is 52.3 Å². The van der Waals surface area contributed by atoms with Crippen LogP contribution in [0.4, 0.5) is 0 Å². The summed E-state index contributed by atoms with van der Waals surface area (Å²) < 4.78 is 4.82. The second-order valence-corrected chi connectivity index (χ2v) is 13.0. The van der Waals surface area contributed by atoms with E-state index in [2.05, 4.69) is 167 Å². The van der Waals surface area contributed by atoms with Crippen LogP contribution in [-0.2, 0) is 6.42 Å². The van der Waals surface area contributed by atoms with Crippen LogP contribution in [0.1, 0.15) is 17.7 Å². The minimum absolute atomic E-state index is 0.690. The molecule has 0 unspecified atom stereocenters. The van der Waals surface area contributed by atoms with Gasteiger partial charge >= 0.3 is 0 Å². The summed E-state index contributed by atoms with van der Waals surface area (Å²) in [6, 6.07) is 56.0. The zero-order valence-electron chi connectivity index (χ0n) is 27.4. The minimum atomic E-state index is 0.690. The number of nitrogens with zero attached hydrogens (tertiary/aromatic N) is 4. The number of aryl methyl sites for hydroxylation is 1. The Hall–Kier alpha value is -6.52. The van der Waals surface area contributed by atoms with Crippen LogP contribution >= 0.6 is 0 Å². The lowest BCUT2D eigenvalue weighted by molar-refractivity contribution is 0.966. The Balaban J connectivity index is 1.30. The smallest absolute Gasteiger partial charge is 0.160 e. The molecule has 9 aromatic rings. The molecule has 0 bridgehead atoms. The van der Waals surface area contributed by atoms with Gasteiger partial charge in [-0.15, -0.1) is 0 Å². The molecule has 1 aliphatic carbocycles. The highest BCUT2D eigenvalue weighted by Gasteiger charge is 2.21. The third-order valence-corrected chi connectivity index (χ3v) is 9.98. The largest absolute Gasteiger partial charge is 0.309 e. The fraction of sp³-hybridized carbons (Fsp3) is 0.0435. The topological polar surface area (TPSA) is 35.6 Å². The highest BCUT2D eigenvalue weighted by atomic mass is 15.0. The van der Waals surface area contributed by atoms with E-state index in [1.165, 1.54) is 44.0 Å². The second kappa shape index (κ2) is 11.6. The van der Waals surface area contributed by atoms with Crippen molar-refractivity contribution in [2.24, 2.45) is 0 Å². The predicted molar refractivity (Wildman–Crippen MR) is 207 cm³/mol. The lowest BCUT2D eigenvalue weighted by Crippen LogP contribution is -2.04. The van der Waals surface area contributed by atoms with Crippen LogP contribution in [0.3, 0.4) is 0 Å². The van der Waals surface area contributed by atoms with E-state index in [0.29, 0.717) is 5.82 Å². The van der Waals surface area contributed by atoms with Gasteiger partial charge in [-0.05, 0) is 66.9 Å². The summed E-state index contributed by atoms with van der Waals surface area (Å²) in [5.41, 5.74) is 13.2. The third kappa shape index (κ3) is 4.61. The van der Waals surface area contributed by atoms with E-state index in [4.69, 9.17) is 9.97 Å². The fourth-order valence-corrected chi connectivity index (χ4v) is 7.74. The monoisotopic (exact) mass is 640 g/mol. The SMILES string of the molecule is C1=Cc2c(c3ccccc3n2-c2cc(-c3nc(-c4ccccc4)cc(-c4ccccc4)n3)cc(-n3c4ccccc4c4ccccc43)c2)CC1. The summed E-state index contributed by atoms with van der Waals surface area (Å²) in [7, 11) is 0. The molecule has 1 aliphatic rings. The summed E-state index contributed by atoms with van der Waals surface area (Å²) in [4.78, 5) is 10.6. The molecule has 4 nitrogen and oxygen atoms in total. The number of hydrogen-bond acceptors (Lipinski definition) is 2. The zero-order valence-corrected chi connectivity index (χ0v) is 27.4. The van der Waals surface area contributed by atoms with Crippen molar-refractivity contribution in [2.45, 2.75) is 12.8 Å². The van der Waals surface area contributed by atoms with Crippen LogP contribution < -0.4 is 0 Å². The number of fused-ring (bicyclic) bond motifs is 6. The lowest BCUT2D eigenvalue weighted by atomic mass is 10.0. The molecule has 3 aromatic heterocycles. The zero-order chi connectivity index (χ0) is 33.0. The van der Waals surface area contributed by atoms with E-state index in [9.17, 15) is 0 Å². The molecule has 236 valence electrons. The molecule has 0 saturated carbocycles. The van der Waals surface area contributed by atoms with E-state index >= 15 is 0 Å². The maximum atomic E-state index is 5.28. The highest BCUT2D eigenvalue weighted by Crippen LogP contribution is 2.38. The van der Waals surface area contributed by atoms with Gasteiger partial charge in [-0.1, -0.05) is 121 Å². The summed E-state index contributed by atoms with van der Waals surface area (Å²) in [6.45, 7) is 0. The molecule has 0 saturated heterocycles. The van der Waals surface area contributed by atoms with Crippen molar-refractivity contribution in [3.05, 3.63) is 175 Å². The Labute approximate surface area is 290 Å². The van der Waals surface area contributed by atoms with Crippen LogP contribution in [0.15, 0.2) is 164 Å². The van der Waals surface area contributed by atoms with Crippen molar-refractivity contribution in [1.29, 1.82) is 0 Å². The van der Waals surface area contributed by atoms with Gasteiger partial charge in [0.25, 0.3) is 0 Å². The molecule has 4 heteroatoms. The van der Waals surface area contributed by atoms with Gasteiger partial charge in [-0.25, -0.2) is 9.97 Å². The van der Waals surface area contributed by atoms with Crippen molar-refractivity contribution < 1.29 is 0 Å². The number of allylic oxidation sites excluding steroid dienone is 1. The van der Waals surface area contributed by atoms with Crippen molar-refractivity contribution >= 4 is 38.8 Å². The van der Waals surface area contributed by atoms with Crippen LogP contribution in [0.5, 0.6) is 0 Å². The molecule has 0 fully saturated rings. The molecular weight excluding hydrogens is 609 g/mol. The number of aromatic nitrogens is 4. The Kier molecular flexibility index (Phi) is 6.59. The maximum absolute atomic E-state index is 5.28. The second-order valence-electron chi connectivity index (χ2n) is 13.0. The number of hydrogen-bond donors (Lipinski definition) is 0. The molecule has 0 radical (unpaired) electrons. The molecule has 0 N–H and O–H groups in total. The highest BCUT2D eigenvalue weighted by molar-refractivity contribution is 6.09. The Morgan fingerprint density at radius 1 is 0.440 bits per heavy atom. The van der Waals surface area contributed by atoms with Crippen molar-refractivity contribution in [1.82, 2.24) is 19.1 Å².